The van der Waals surface area contributed by atoms with E-state index in [4.69, 9.17) is 4.74 Å². The van der Waals surface area contributed by atoms with Crippen molar-refractivity contribution in [3.8, 4) is 5.75 Å². The van der Waals surface area contributed by atoms with E-state index in [2.05, 4.69) is 5.32 Å². The summed E-state index contributed by atoms with van der Waals surface area (Å²) in [4.78, 5) is 28.1. The molecule has 0 bridgehead atoms. The second kappa shape index (κ2) is 12.0. The van der Waals surface area contributed by atoms with Crippen LogP contribution in [0.2, 0.25) is 0 Å². The lowest BCUT2D eigenvalue weighted by Gasteiger charge is -2.32. The highest BCUT2D eigenvalue weighted by Gasteiger charge is 2.31. The smallest absolute Gasteiger partial charge is 0.261 e. The van der Waals surface area contributed by atoms with Gasteiger partial charge in [-0.05, 0) is 44.5 Å². The van der Waals surface area contributed by atoms with Crippen molar-refractivity contribution in [1.82, 2.24) is 10.2 Å². The Morgan fingerprint density at radius 1 is 0.941 bits per heavy atom. The number of hydrogen-bond donors (Lipinski definition) is 1. The summed E-state index contributed by atoms with van der Waals surface area (Å²) in [5.74, 6) is -0.568. The molecule has 178 valence electrons. The fourth-order valence-electron chi connectivity index (χ4n) is 3.61. The molecule has 1 N–H and O–H groups in total. The number of rotatable bonds is 10. The number of ether oxygens (including phenoxy) is 1. The number of aryl methyl sites for hydroxylation is 1. The molecule has 0 aliphatic heterocycles. The topological polar surface area (TPSA) is 58.6 Å². The predicted molar refractivity (Wildman–Crippen MR) is 131 cm³/mol. The molecule has 1 atom stereocenters. The van der Waals surface area contributed by atoms with Crippen molar-refractivity contribution in [1.29, 1.82) is 0 Å². The summed E-state index contributed by atoms with van der Waals surface area (Å²) >= 11 is 0. The molecule has 3 rings (SSSR count). The fraction of sp³-hybridized carbons (Fsp3) is 0.286. The Bertz CT molecular complexity index is 1080. The number of amides is 2. The molecule has 1 unspecified atom stereocenters. The molecular formula is C28H31FN2O3. The van der Waals surface area contributed by atoms with Gasteiger partial charge in [-0.1, -0.05) is 66.2 Å². The SMILES string of the molecule is Cc1ccc(OCC(=O)N(Cc2ccccc2F)C(Cc2ccccc2)C(=O)NC(C)C)cc1. The van der Waals surface area contributed by atoms with Crippen molar-refractivity contribution >= 4 is 11.8 Å². The Balaban J connectivity index is 1.91. The minimum absolute atomic E-state index is 0.0498. The number of carbonyl (C=O) groups is 2. The summed E-state index contributed by atoms with van der Waals surface area (Å²) < 4.78 is 20.3. The van der Waals surface area contributed by atoms with Gasteiger partial charge in [-0.3, -0.25) is 9.59 Å². The molecule has 0 saturated heterocycles. The van der Waals surface area contributed by atoms with Gasteiger partial charge in [-0.2, -0.15) is 0 Å². The third kappa shape index (κ3) is 7.17. The zero-order valence-electron chi connectivity index (χ0n) is 19.8. The Kier molecular flexibility index (Phi) is 8.79. The Hall–Kier alpha value is -3.67. The number of halogens is 1. The van der Waals surface area contributed by atoms with Crippen LogP contribution in [0, 0.1) is 12.7 Å². The van der Waals surface area contributed by atoms with Crippen LogP contribution in [-0.4, -0.2) is 35.4 Å². The molecule has 0 heterocycles. The number of benzene rings is 3. The van der Waals surface area contributed by atoms with Crippen LogP contribution in [0.3, 0.4) is 0 Å². The van der Waals surface area contributed by atoms with Crippen LogP contribution < -0.4 is 10.1 Å². The normalized spacial score (nSPS) is 11.7. The van der Waals surface area contributed by atoms with Crippen molar-refractivity contribution in [3.05, 3.63) is 101 Å². The van der Waals surface area contributed by atoms with Crippen molar-refractivity contribution in [2.45, 2.75) is 45.8 Å². The molecule has 3 aromatic carbocycles. The van der Waals surface area contributed by atoms with Gasteiger partial charge in [-0.25, -0.2) is 4.39 Å². The fourth-order valence-corrected chi connectivity index (χ4v) is 3.61. The highest BCUT2D eigenvalue weighted by atomic mass is 19.1. The molecule has 0 spiro atoms. The maximum Gasteiger partial charge on any atom is 0.261 e. The average Bonchev–Trinajstić information content (AvgIpc) is 2.82. The maximum absolute atomic E-state index is 14.5. The van der Waals surface area contributed by atoms with Gasteiger partial charge in [0.25, 0.3) is 5.91 Å². The van der Waals surface area contributed by atoms with E-state index >= 15 is 0 Å². The van der Waals surface area contributed by atoms with Crippen LogP contribution in [0.5, 0.6) is 5.75 Å². The Labute approximate surface area is 200 Å². The largest absolute Gasteiger partial charge is 0.484 e. The zero-order valence-corrected chi connectivity index (χ0v) is 19.8. The van der Waals surface area contributed by atoms with Gasteiger partial charge in [0.2, 0.25) is 5.91 Å². The molecule has 0 radical (unpaired) electrons. The standard InChI is InChI=1S/C28H31FN2O3/c1-20(2)30-28(33)26(17-22-9-5-4-6-10-22)31(18-23-11-7-8-12-25(23)29)27(32)19-34-24-15-13-21(3)14-16-24/h4-16,20,26H,17-19H2,1-3H3,(H,30,33). The Morgan fingerprint density at radius 3 is 2.24 bits per heavy atom. The van der Waals surface area contributed by atoms with Gasteiger partial charge in [-0.15, -0.1) is 0 Å². The van der Waals surface area contributed by atoms with Crippen molar-refractivity contribution in [2.24, 2.45) is 0 Å². The number of nitrogens with zero attached hydrogens (tertiary/aromatic N) is 1. The molecule has 0 aromatic heterocycles. The molecule has 0 saturated carbocycles. The van der Waals surface area contributed by atoms with E-state index in [1.807, 2.05) is 63.2 Å². The summed E-state index contributed by atoms with van der Waals surface area (Å²) in [7, 11) is 0. The third-order valence-corrected chi connectivity index (χ3v) is 5.38. The molecule has 0 aliphatic carbocycles. The number of nitrogens with one attached hydrogen (secondary N) is 1. The molecular weight excluding hydrogens is 431 g/mol. The van der Waals surface area contributed by atoms with Crippen molar-refractivity contribution < 1.29 is 18.7 Å². The van der Waals surface area contributed by atoms with E-state index in [9.17, 15) is 14.0 Å². The van der Waals surface area contributed by atoms with E-state index in [1.165, 1.54) is 11.0 Å². The number of carbonyl (C=O) groups excluding carboxylic acids is 2. The van der Waals surface area contributed by atoms with Gasteiger partial charge in [0, 0.05) is 24.6 Å². The zero-order chi connectivity index (χ0) is 24.5. The quantitative estimate of drug-likeness (QED) is 0.476. The average molecular weight is 463 g/mol. The number of hydrogen-bond acceptors (Lipinski definition) is 3. The molecule has 0 fully saturated rings. The van der Waals surface area contributed by atoms with Gasteiger partial charge >= 0.3 is 0 Å². The van der Waals surface area contributed by atoms with Crippen LogP contribution in [0.4, 0.5) is 4.39 Å². The van der Waals surface area contributed by atoms with Crippen LogP contribution in [-0.2, 0) is 22.6 Å². The maximum atomic E-state index is 14.5. The summed E-state index contributed by atoms with van der Waals surface area (Å²) in [5.41, 5.74) is 2.31. The van der Waals surface area contributed by atoms with Crippen LogP contribution in [0.25, 0.3) is 0 Å². The molecule has 34 heavy (non-hydrogen) atoms. The van der Waals surface area contributed by atoms with Crippen LogP contribution in [0.15, 0.2) is 78.9 Å². The van der Waals surface area contributed by atoms with E-state index in [0.717, 1.165) is 11.1 Å². The lowest BCUT2D eigenvalue weighted by Crippen LogP contribution is -2.53. The second-order valence-corrected chi connectivity index (χ2v) is 8.58. The molecule has 2 amide bonds. The minimum atomic E-state index is -0.835. The van der Waals surface area contributed by atoms with E-state index in [1.54, 1.807) is 30.3 Å². The molecule has 5 nitrogen and oxygen atoms in total. The first-order valence-electron chi connectivity index (χ1n) is 11.4. The Morgan fingerprint density at radius 2 is 1.59 bits per heavy atom. The van der Waals surface area contributed by atoms with Crippen LogP contribution in [0.1, 0.15) is 30.5 Å². The molecule has 3 aromatic rings. The highest BCUT2D eigenvalue weighted by Crippen LogP contribution is 2.18. The van der Waals surface area contributed by atoms with Crippen LogP contribution >= 0.6 is 0 Å². The van der Waals surface area contributed by atoms with Crippen molar-refractivity contribution in [2.75, 3.05) is 6.61 Å². The third-order valence-electron chi connectivity index (χ3n) is 5.38. The monoisotopic (exact) mass is 462 g/mol. The van der Waals surface area contributed by atoms with Gasteiger partial charge in [0.1, 0.15) is 17.6 Å². The van der Waals surface area contributed by atoms with Crippen molar-refractivity contribution in [3.63, 3.8) is 0 Å². The lowest BCUT2D eigenvalue weighted by atomic mass is 10.0. The van der Waals surface area contributed by atoms with Gasteiger partial charge in [0.15, 0.2) is 6.61 Å². The molecule has 6 heteroatoms. The molecule has 0 aliphatic rings. The second-order valence-electron chi connectivity index (χ2n) is 8.58. The minimum Gasteiger partial charge on any atom is -0.484 e. The van der Waals surface area contributed by atoms with E-state index < -0.39 is 17.8 Å². The summed E-state index contributed by atoms with van der Waals surface area (Å²) in [6, 6.07) is 22.2. The van der Waals surface area contributed by atoms with Gasteiger partial charge in [0.05, 0.1) is 0 Å². The lowest BCUT2D eigenvalue weighted by molar-refractivity contribution is -0.143. The summed E-state index contributed by atoms with van der Waals surface area (Å²) in [6.07, 6.45) is 0.296. The predicted octanol–water partition coefficient (Wildman–Crippen LogP) is 4.68. The highest BCUT2D eigenvalue weighted by molar-refractivity contribution is 5.88. The summed E-state index contributed by atoms with van der Waals surface area (Å²) in [6.45, 7) is 5.37. The first-order chi connectivity index (χ1) is 16.3. The first kappa shape index (κ1) is 25.0. The first-order valence-corrected chi connectivity index (χ1v) is 11.4. The summed E-state index contributed by atoms with van der Waals surface area (Å²) in [5, 5.41) is 2.91. The van der Waals surface area contributed by atoms with Gasteiger partial charge < -0.3 is 15.0 Å². The van der Waals surface area contributed by atoms with E-state index in [0.29, 0.717) is 17.7 Å². The van der Waals surface area contributed by atoms with E-state index in [-0.39, 0.29) is 25.1 Å².